The van der Waals surface area contributed by atoms with Crippen molar-refractivity contribution in [3.8, 4) is 5.75 Å². The summed E-state index contributed by atoms with van der Waals surface area (Å²) in [5.74, 6) is 0.684. The summed E-state index contributed by atoms with van der Waals surface area (Å²) in [6.45, 7) is 6.32. The number of benzene rings is 1. The lowest BCUT2D eigenvalue weighted by Crippen LogP contribution is -2.06. The fourth-order valence-electron chi connectivity index (χ4n) is 2.19. The van der Waals surface area contributed by atoms with Crippen LogP contribution in [0.5, 0.6) is 5.75 Å². The summed E-state index contributed by atoms with van der Waals surface area (Å²) in [5, 5.41) is 9.74. The van der Waals surface area contributed by atoms with Crippen LogP contribution in [0.1, 0.15) is 30.9 Å². The highest BCUT2D eigenvalue weighted by Gasteiger charge is 2.56. The van der Waals surface area contributed by atoms with E-state index in [1.54, 1.807) is 6.07 Å². The first kappa shape index (κ1) is 9.53. The van der Waals surface area contributed by atoms with E-state index in [0.29, 0.717) is 11.7 Å². The molecule has 0 bridgehead atoms. The number of hydrogen-bond acceptors (Lipinski definition) is 2. The van der Waals surface area contributed by atoms with Crippen molar-refractivity contribution >= 4 is 0 Å². The third-order valence-electron chi connectivity index (χ3n) is 3.43. The zero-order valence-electron chi connectivity index (χ0n) is 8.91. The van der Waals surface area contributed by atoms with E-state index in [9.17, 15) is 5.11 Å². The van der Waals surface area contributed by atoms with E-state index in [4.69, 9.17) is 5.73 Å². The van der Waals surface area contributed by atoms with Gasteiger partial charge in [0.05, 0.1) is 0 Å². The Morgan fingerprint density at radius 2 is 1.93 bits per heavy atom. The maximum absolute atomic E-state index is 9.74. The predicted octanol–water partition coefficient (Wildman–Crippen LogP) is 2.15. The van der Waals surface area contributed by atoms with Crippen molar-refractivity contribution in [3.05, 3.63) is 29.3 Å². The minimum absolute atomic E-state index is 0.130. The lowest BCUT2D eigenvalue weighted by atomic mass is 10.0. The maximum Gasteiger partial charge on any atom is 0.119 e. The van der Waals surface area contributed by atoms with Crippen LogP contribution < -0.4 is 5.73 Å². The molecule has 1 aromatic carbocycles. The molecule has 0 aliphatic heterocycles. The molecule has 1 aliphatic carbocycles. The summed E-state index contributed by atoms with van der Waals surface area (Å²) in [6, 6.07) is 5.88. The molecule has 2 heteroatoms. The van der Waals surface area contributed by atoms with Gasteiger partial charge in [0, 0.05) is 12.0 Å². The average molecular weight is 191 g/mol. The fraction of sp³-hybridized carbons (Fsp3) is 0.500. The van der Waals surface area contributed by atoms with E-state index in [0.717, 1.165) is 5.56 Å². The second-order valence-electron chi connectivity index (χ2n) is 4.89. The molecule has 1 aromatic rings. The van der Waals surface area contributed by atoms with Gasteiger partial charge in [-0.3, -0.25) is 0 Å². The SMILES string of the molecule is Cc1ccc(O)c([C@H]2[C@H](N)C2(C)C)c1. The highest BCUT2D eigenvalue weighted by atomic mass is 16.3. The number of aromatic hydroxyl groups is 1. The van der Waals surface area contributed by atoms with Gasteiger partial charge in [-0.15, -0.1) is 0 Å². The molecule has 0 saturated heterocycles. The monoisotopic (exact) mass is 191 g/mol. The van der Waals surface area contributed by atoms with Gasteiger partial charge in [0.2, 0.25) is 0 Å². The summed E-state index contributed by atoms with van der Waals surface area (Å²) in [5.41, 5.74) is 8.29. The van der Waals surface area contributed by atoms with Crippen LogP contribution in [0.4, 0.5) is 0 Å². The van der Waals surface area contributed by atoms with E-state index in [2.05, 4.69) is 13.8 Å². The topological polar surface area (TPSA) is 46.2 Å². The number of aryl methyl sites for hydroxylation is 1. The second kappa shape index (κ2) is 2.74. The first-order chi connectivity index (χ1) is 6.44. The van der Waals surface area contributed by atoms with Crippen molar-refractivity contribution in [3.63, 3.8) is 0 Å². The van der Waals surface area contributed by atoms with Gasteiger partial charge < -0.3 is 10.8 Å². The van der Waals surface area contributed by atoms with Crippen LogP contribution in [-0.4, -0.2) is 11.1 Å². The van der Waals surface area contributed by atoms with Gasteiger partial charge in [-0.1, -0.05) is 31.5 Å². The van der Waals surface area contributed by atoms with Crippen molar-refractivity contribution < 1.29 is 5.11 Å². The molecule has 3 N–H and O–H groups in total. The quantitative estimate of drug-likeness (QED) is 0.714. The molecule has 0 spiro atoms. The number of phenolic OH excluding ortho intramolecular Hbond substituents is 1. The highest BCUT2D eigenvalue weighted by Crippen LogP contribution is 2.59. The van der Waals surface area contributed by atoms with Crippen molar-refractivity contribution in [2.45, 2.75) is 32.7 Å². The van der Waals surface area contributed by atoms with E-state index in [1.807, 2.05) is 19.1 Å². The fourth-order valence-corrected chi connectivity index (χ4v) is 2.19. The van der Waals surface area contributed by atoms with Crippen molar-refractivity contribution in [1.82, 2.24) is 0 Å². The summed E-state index contributed by atoms with van der Waals surface area (Å²) in [6.07, 6.45) is 0. The van der Waals surface area contributed by atoms with Gasteiger partial charge in [-0.25, -0.2) is 0 Å². The van der Waals surface area contributed by atoms with Crippen LogP contribution in [-0.2, 0) is 0 Å². The molecule has 0 aromatic heterocycles. The molecule has 2 atom stereocenters. The molecule has 1 aliphatic rings. The van der Waals surface area contributed by atoms with Crippen LogP contribution in [0.25, 0.3) is 0 Å². The zero-order valence-corrected chi connectivity index (χ0v) is 8.91. The zero-order chi connectivity index (χ0) is 10.5. The standard InChI is InChI=1S/C12H17NO/c1-7-4-5-9(14)8(6-7)10-11(13)12(10,2)3/h4-6,10-11,14H,13H2,1-3H3/t10-,11-/m0/s1. The molecule has 14 heavy (non-hydrogen) atoms. The first-order valence-corrected chi connectivity index (χ1v) is 4.99. The maximum atomic E-state index is 9.74. The largest absolute Gasteiger partial charge is 0.508 e. The molecule has 0 radical (unpaired) electrons. The predicted molar refractivity (Wildman–Crippen MR) is 57.3 cm³/mol. The van der Waals surface area contributed by atoms with Gasteiger partial charge in [-0.2, -0.15) is 0 Å². The number of hydrogen-bond donors (Lipinski definition) is 2. The Morgan fingerprint density at radius 1 is 1.36 bits per heavy atom. The van der Waals surface area contributed by atoms with Crippen LogP contribution >= 0.6 is 0 Å². The van der Waals surface area contributed by atoms with Gasteiger partial charge in [0.15, 0.2) is 0 Å². The average Bonchev–Trinajstić information content (AvgIpc) is 2.58. The van der Waals surface area contributed by atoms with E-state index < -0.39 is 0 Å². The Hall–Kier alpha value is -1.02. The van der Waals surface area contributed by atoms with Crippen LogP contribution in [0.2, 0.25) is 0 Å². The minimum atomic E-state index is 0.130. The van der Waals surface area contributed by atoms with Crippen molar-refractivity contribution in [1.29, 1.82) is 0 Å². The highest BCUT2D eigenvalue weighted by molar-refractivity contribution is 5.45. The first-order valence-electron chi connectivity index (χ1n) is 4.99. The second-order valence-corrected chi connectivity index (χ2v) is 4.89. The molecule has 76 valence electrons. The van der Waals surface area contributed by atoms with Crippen molar-refractivity contribution in [2.75, 3.05) is 0 Å². The molecule has 2 nitrogen and oxygen atoms in total. The lowest BCUT2D eigenvalue weighted by Gasteiger charge is -2.06. The molecule has 0 unspecified atom stereocenters. The molecular weight excluding hydrogens is 174 g/mol. The molecule has 1 fully saturated rings. The third kappa shape index (κ3) is 1.22. The van der Waals surface area contributed by atoms with E-state index >= 15 is 0 Å². The van der Waals surface area contributed by atoms with Gasteiger partial charge >= 0.3 is 0 Å². The van der Waals surface area contributed by atoms with Crippen LogP contribution in [0, 0.1) is 12.3 Å². The van der Waals surface area contributed by atoms with Crippen LogP contribution in [0.3, 0.4) is 0 Å². The Bertz CT molecular complexity index is 371. The molecule has 0 heterocycles. The molecule has 2 rings (SSSR count). The lowest BCUT2D eigenvalue weighted by molar-refractivity contribution is 0.464. The van der Waals surface area contributed by atoms with Crippen LogP contribution in [0.15, 0.2) is 18.2 Å². The van der Waals surface area contributed by atoms with E-state index in [1.165, 1.54) is 5.56 Å². The van der Waals surface area contributed by atoms with Gasteiger partial charge in [-0.05, 0) is 24.0 Å². The Balaban J connectivity index is 2.39. The Kier molecular flexibility index (Phi) is 1.86. The summed E-state index contributed by atoms with van der Waals surface area (Å²) in [4.78, 5) is 0. The summed E-state index contributed by atoms with van der Waals surface area (Å²) >= 11 is 0. The minimum Gasteiger partial charge on any atom is -0.508 e. The number of phenols is 1. The summed E-state index contributed by atoms with van der Waals surface area (Å²) < 4.78 is 0. The molecule has 1 saturated carbocycles. The molecular formula is C12H17NO. The van der Waals surface area contributed by atoms with Crippen molar-refractivity contribution in [2.24, 2.45) is 11.1 Å². The third-order valence-corrected chi connectivity index (χ3v) is 3.43. The smallest absolute Gasteiger partial charge is 0.119 e. The Morgan fingerprint density at radius 3 is 2.43 bits per heavy atom. The molecule has 0 amide bonds. The number of rotatable bonds is 1. The number of nitrogens with two attached hydrogens (primary N) is 1. The van der Waals surface area contributed by atoms with Gasteiger partial charge in [0.25, 0.3) is 0 Å². The summed E-state index contributed by atoms with van der Waals surface area (Å²) in [7, 11) is 0. The Labute approximate surface area is 84.7 Å². The van der Waals surface area contributed by atoms with Gasteiger partial charge in [0.1, 0.15) is 5.75 Å². The van der Waals surface area contributed by atoms with E-state index in [-0.39, 0.29) is 11.5 Å². The normalized spacial score (nSPS) is 28.9.